The molecule has 0 fully saturated rings. The molecule has 0 aliphatic carbocycles. The summed E-state index contributed by atoms with van der Waals surface area (Å²) in [6.07, 6.45) is 5.21. The predicted octanol–water partition coefficient (Wildman–Crippen LogP) is 0.746. The third-order valence-electron chi connectivity index (χ3n) is 2.55. The fourth-order valence-electron chi connectivity index (χ4n) is 1.69. The zero-order chi connectivity index (χ0) is 12.1. The van der Waals surface area contributed by atoms with Crippen LogP contribution in [0.3, 0.4) is 0 Å². The summed E-state index contributed by atoms with van der Waals surface area (Å²) in [6, 6.07) is 5.81. The van der Waals surface area contributed by atoms with Crippen LogP contribution >= 0.6 is 0 Å². The topological polar surface area (TPSA) is 63.8 Å². The first kappa shape index (κ1) is 11.7. The second-order valence-corrected chi connectivity index (χ2v) is 4.10. The molecule has 2 aromatic heterocycles. The SMILES string of the molecule is Cn1cc(CC(O)CCc2ccccn2)nn1. The highest BCUT2D eigenvalue weighted by atomic mass is 16.3. The van der Waals surface area contributed by atoms with Gasteiger partial charge in [-0.05, 0) is 25.0 Å². The van der Waals surface area contributed by atoms with Crippen molar-refractivity contribution in [1.82, 2.24) is 20.0 Å². The van der Waals surface area contributed by atoms with Gasteiger partial charge >= 0.3 is 0 Å². The normalized spacial score (nSPS) is 12.6. The molecule has 2 rings (SSSR count). The van der Waals surface area contributed by atoms with Crippen LogP contribution in [0.15, 0.2) is 30.6 Å². The van der Waals surface area contributed by atoms with E-state index in [1.165, 1.54) is 0 Å². The molecule has 0 radical (unpaired) electrons. The quantitative estimate of drug-likeness (QED) is 0.826. The Kier molecular flexibility index (Phi) is 3.82. The number of aliphatic hydroxyl groups is 1. The minimum absolute atomic E-state index is 0.395. The summed E-state index contributed by atoms with van der Waals surface area (Å²) >= 11 is 0. The smallest absolute Gasteiger partial charge is 0.0852 e. The van der Waals surface area contributed by atoms with Crippen molar-refractivity contribution in [2.24, 2.45) is 7.05 Å². The number of hydrogen-bond donors (Lipinski definition) is 1. The van der Waals surface area contributed by atoms with Crippen molar-refractivity contribution < 1.29 is 5.11 Å². The number of pyridine rings is 1. The molecule has 17 heavy (non-hydrogen) atoms. The molecule has 0 aliphatic rings. The Morgan fingerprint density at radius 3 is 2.88 bits per heavy atom. The van der Waals surface area contributed by atoms with Crippen LogP contribution < -0.4 is 0 Å². The maximum Gasteiger partial charge on any atom is 0.0852 e. The van der Waals surface area contributed by atoms with Crippen LogP contribution in [0.5, 0.6) is 0 Å². The third kappa shape index (κ3) is 3.64. The summed E-state index contributed by atoms with van der Waals surface area (Å²) in [5.41, 5.74) is 1.83. The van der Waals surface area contributed by atoms with E-state index in [1.54, 1.807) is 10.9 Å². The predicted molar refractivity (Wildman–Crippen MR) is 63.3 cm³/mol. The van der Waals surface area contributed by atoms with Crippen LogP contribution in [-0.2, 0) is 19.9 Å². The lowest BCUT2D eigenvalue weighted by Gasteiger charge is -2.07. The second kappa shape index (κ2) is 5.54. The fourth-order valence-corrected chi connectivity index (χ4v) is 1.69. The monoisotopic (exact) mass is 232 g/mol. The van der Waals surface area contributed by atoms with Gasteiger partial charge in [0.05, 0.1) is 11.8 Å². The molecule has 1 N–H and O–H groups in total. The Balaban J connectivity index is 1.80. The lowest BCUT2D eigenvalue weighted by molar-refractivity contribution is 0.163. The molecule has 0 aromatic carbocycles. The molecule has 2 aromatic rings. The Morgan fingerprint density at radius 1 is 1.35 bits per heavy atom. The van der Waals surface area contributed by atoms with Crippen molar-refractivity contribution in [2.45, 2.75) is 25.4 Å². The van der Waals surface area contributed by atoms with Gasteiger partial charge in [-0.15, -0.1) is 5.10 Å². The number of nitrogens with zero attached hydrogens (tertiary/aromatic N) is 4. The highest BCUT2D eigenvalue weighted by Gasteiger charge is 2.08. The summed E-state index contributed by atoms with van der Waals surface area (Å²) in [5, 5.41) is 17.6. The van der Waals surface area contributed by atoms with Gasteiger partial charge in [-0.25, -0.2) is 0 Å². The molecule has 0 aliphatic heterocycles. The van der Waals surface area contributed by atoms with E-state index in [9.17, 15) is 5.11 Å². The van der Waals surface area contributed by atoms with Gasteiger partial charge in [0.2, 0.25) is 0 Å². The van der Waals surface area contributed by atoms with Gasteiger partial charge in [-0.3, -0.25) is 9.67 Å². The number of rotatable bonds is 5. The van der Waals surface area contributed by atoms with Gasteiger partial charge in [0.15, 0.2) is 0 Å². The summed E-state index contributed by atoms with van der Waals surface area (Å²) in [7, 11) is 1.82. The fraction of sp³-hybridized carbons (Fsp3) is 0.417. The van der Waals surface area contributed by atoms with Crippen LogP contribution in [0.1, 0.15) is 17.8 Å². The summed E-state index contributed by atoms with van der Waals surface area (Å²) in [4.78, 5) is 4.22. The molecule has 0 amide bonds. The van der Waals surface area contributed by atoms with Gasteiger partial charge in [-0.2, -0.15) is 0 Å². The van der Waals surface area contributed by atoms with Gasteiger partial charge < -0.3 is 5.11 Å². The van der Waals surface area contributed by atoms with Gasteiger partial charge in [-0.1, -0.05) is 11.3 Å². The molecule has 0 bridgehead atoms. The van der Waals surface area contributed by atoms with E-state index in [4.69, 9.17) is 0 Å². The average Bonchev–Trinajstić information content (AvgIpc) is 2.73. The van der Waals surface area contributed by atoms with E-state index in [1.807, 2.05) is 31.4 Å². The van der Waals surface area contributed by atoms with Gasteiger partial charge in [0, 0.05) is 31.6 Å². The highest BCUT2D eigenvalue weighted by Crippen LogP contribution is 2.06. The molecular weight excluding hydrogens is 216 g/mol. The Hall–Kier alpha value is -1.75. The number of aliphatic hydroxyl groups excluding tert-OH is 1. The first-order valence-corrected chi connectivity index (χ1v) is 5.67. The maximum atomic E-state index is 9.87. The van der Waals surface area contributed by atoms with E-state index >= 15 is 0 Å². The largest absolute Gasteiger partial charge is 0.393 e. The van der Waals surface area contributed by atoms with Crippen molar-refractivity contribution in [3.8, 4) is 0 Å². The van der Waals surface area contributed by atoms with Crippen LogP contribution in [0, 0.1) is 0 Å². The molecule has 1 unspecified atom stereocenters. The Morgan fingerprint density at radius 2 is 2.24 bits per heavy atom. The molecule has 5 heteroatoms. The second-order valence-electron chi connectivity index (χ2n) is 4.10. The molecule has 0 spiro atoms. The highest BCUT2D eigenvalue weighted by molar-refractivity contribution is 5.04. The third-order valence-corrected chi connectivity index (χ3v) is 2.55. The molecule has 90 valence electrons. The molecule has 0 saturated carbocycles. The summed E-state index contributed by atoms with van der Waals surface area (Å²) in [6.45, 7) is 0. The Bertz CT molecular complexity index is 455. The van der Waals surface area contributed by atoms with Gasteiger partial charge in [0.25, 0.3) is 0 Å². The lowest BCUT2D eigenvalue weighted by atomic mass is 10.1. The van der Waals surface area contributed by atoms with Crippen LogP contribution in [-0.4, -0.2) is 31.2 Å². The first-order valence-electron chi connectivity index (χ1n) is 5.67. The summed E-state index contributed by atoms with van der Waals surface area (Å²) in [5.74, 6) is 0. The van der Waals surface area contributed by atoms with Crippen molar-refractivity contribution in [1.29, 1.82) is 0 Å². The average molecular weight is 232 g/mol. The molecule has 5 nitrogen and oxygen atoms in total. The summed E-state index contributed by atoms with van der Waals surface area (Å²) < 4.78 is 1.64. The van der Waals surface area contributed by atoms with Crippen LogP contribution in [0.2, 0.25) is 0 Å². The molecular formula is C12H16N4O. The molecule has 0 saturated heterocycles. The number of hydrogen-bond acceptors (Lipinski definition) is 4. The zero-order valence-corrected chi connectivity index (χ0v) is 9.82. The number of aryl methyl sites for hydroxylation is 2. The van der Waals surface area contributed by atoms with Crippen LogP contribution in [0.4, 0.5) is 0 Å². The maximum absolute atomic E-state index is 9.87. The molecule has 1 atom stereocenters. The standard InChI is InChI=1S/C12H16N4O/c1-16-9-11(14-15-16)8-12(17)6-5-10-4-2-3-7-13-10/h2-4,7,9,12,17H,5-6,8H2,1H3. The van der Waals surface area contributed by atoms with Crippen LogP contribution in [0.25, 0.3) is 0 Å². The van der Waals surface area contributed by atoms with E-state index in [2.05, 4.69) is 15.3 Å². The minimum Gasteiger partial charge on any atom is -0.393 e. The van der Waals surface area contributed by atoms with Gasteiger partial charge in [0.1, 0.15) is 0 Å². The van der Waals surface area contributed by atoms with Crippen molar-refractivity contribution in [3.05, 3.63) is 42.0 Å². The van der Waals surface area contributed by atoms with Crippen molar-refractivity contribution in [2.75, 3.05) is 0 Å². The van der Waals surface area contributed by atoms with E-state index in [-0.39, 0.29) is 0 Å². The lowest BCUT2D eigenvalue weighted by Crippen LogP contribution is -2.12. The van der Waals surface area contributed by atoms with Crippen molar-refractivity contribution >= 4 is 0 Å². The first-order chi connectivity index (χ1) is 8.24. The van der Waals surface area contributed by atoms with E-state index in [0.29, 0.717) is 12.8 Å². The van der Waals surface area contributed by atoms with E-state index < -0.39 is 6.10 Å². The minimum atomic E-state index is -0.395. The Labute approximate surface area is 100 Å². The van der Waals surface area contributed by atoms with Crippen molar-refractivity contribution in [3.63, 3.8) is 0 Å². The van der Waals surface area contributed by atoms with E-state index in [0.717, 1.165) is 17.8 Å². The zero-order valence-electron chi connectivity index (χ0n) is 9.82. The number of aromatic nitrogens is 4. The molecule has 2 heterocycles.